The molecule has 0 spiro atoms. The van der Waals surface area contributed by atoms with E-state index in [2.05, 4.69) is 19.2 Å². The summed E-state index contributed by atoms with van der Waals surface area (Å²) in [7, 11) is 0. The zero-order valence-electron chi connectivity index (χ0n) is 16.4. The molecule has 1 saturated carbocycles. The lowest BCUT2D eigenvalue weighted by molar-refractivity contribution is -0.137. The van der Waals surface area contributed by atoms with Gasteiger partial charge in [0.15, 0.2) is 0 Å². The van der Waals surface area contributed by atoms with Crippen LogP contribution in [0, 0.1) is 17.3 Å². The Morgan fingerprint density at radius 3 is 2.46 bits per heavy atom. The lowest BCUT2D eigenvalue weighted by Gasteiger charge is -2.39. The first-order valence-corrected chi connectivity index (χ1v) is 10.5. The number of nitrogens with one attached hydrogen (secondary N) is 1. The molecule has 1 N–H and O–H groups in total. The van der Waals surface area contributed by atoms with Crippen LogP contribution in [0.4, 0.5) is 4.39 Å². The summed E-state index contributed by atoms with van der Waals surface area (Å²) in [6.45, 7) is 4.86. The van der Waals surface area contributed by atoms with Crippen LogP contribution in [0.2, 0.25) is 0 Å². The number of amides is 2. The molecule has 0 radical (unpaired) electrons. The summed E-state index contributed by atoms with van der Waals surface area (Å²) in [5, 5.41) is 3.22. The van der Waals surface area contributed by atoms with Gasteiger partial charge in [0, 0.05) is 31.0 Å². The molecule has 5 heteroatoms. The minimum absolute atomic E-state index is 0.127. The van der Waals surface area contributed by atoms with E-state index in [0.717, 1.165) is 51.5 Å². The van der Waals surface area contributed by atoms with Crippen LogP contribution in [0.3, 0.4) is 0 Å². The third kappa shape index (κ3) is 4.58. The maximum atomic E-state index is 12.6. The molecular weight excluding hydrogens is 331 g/mol. The molecule has 2 bridgehead atoms. The highest BCUT2D eigenvalue weighted by Gasteiger charge is 2.43. The van der Waals surface area contributed by atoms with E-state index in [-0.39, 0.29) is 23.1 Å². The summed E-state index contributed by atoms with van der Waals surface area (Å²) in [4.78, 5) is 27.0. The van der Waals surface area contributed by atoms with Crippen molar-refractivity contribution in [2.75, 3.05) is 13.2 Å². The standard InChI is InChI=1S/C21H35FN2O2/c1-21(2)9-3-5-16(13-21)20(26)23-14-15-11-17-7-8-18(12-15)24(17)19(25)6-4-10-22/h15-18H,3-14H2,1-2H3,(H,23,26)/t15?,16?,17-,18+. The molecule has 0 aromatic rings. The molecule has 0 aromatic carbocycles. The summed E-state index contributed by atoms with van der Waals surface area (Å²) in [6.07, 6.45) is 9.13. The Bertz CT molecular complexity index is 508. The van der Waals surface area contributed by atoms with Crippen LogP contribution < -0.4 is 5.32 Å². The van der Waals surface area contributed by atoms with Crippen molar-refractivity contribution in [1.82, 2.24) is 10.2 Å². The summed E-state index contributed by atoms with van der Waals surface area (Å²) in [6, 6.07) is 0.604. The van der Waals surface area contributed by atoms with E-state index in [1.807, 2.05) is 4.90 Å². The monoisotopic (exact) mass is 366 g/mol. The van der Waals surface area contributed by atoms with Gasteiger partial charge in [-0.15, -0.1) is 0 Å². The van der Waals surface area contributed by atoms with Gasteiger partial charge in [-0.2, -0.15) is 0 Å². The fourth-order valence-corrected chi connectivity index (χ4v) is 5.52. The van der Waals surface area contributed by atoms with Gasteiger partial charge in [0.05, 0.1) is 6.67 Å². The van der Waals surface area contributed by atoms with Crippen molar-refractivity contribution in [3.63, 3.8) is 0 Å². The van der Waals surface area contributed by atoms with E-state index in [9.17, 15) is 14.0 Å². The Kier molecular flexibility index (Phi) is 6.24. The Morgan fingerprint density at radius 1 is 1.15 bits per heavy atom. The van der Waals surface area contributed by atoms with Crippen molar-refractivity contribution in [1.29, 1.82) is 0 Å². The number of halogens is 1. The Hall–Kier alpha value is -1.13. The summed E-state index contributed by atoms with van der Waals surface area (Å²) in [5.74, 6) is 0.991. The van der Waals surface area contributed by atoms with Crippen LogP contribution in [0.25, 0.3) is 0 Å². The molecule has 2 saturated heterocycles. The largest absolute Gasteiger partial charge is 0.356 e. The maximum Gasteiger partial charge on any atom is 0.223 e. The number of piperidine rings is 1. The molecule has 3 fully saturated rings. The second-order valence-electron chi connectivity index (χ2n) is 9.52. The van der Waals surface area contributed by atoms with Crippen molar-refractivity contribution in [3.05, 3.63) is 0 Å². The molecule has 0 aromatic heterocycles. The van der Waals surface area contributed by atoms with Crippen molar-refractivity contribution in [2.45, 2.75) is 90.1 Å². The maximum absolute atomic E-state index is 12.6. The lowest BCUT2D eigenvalue weighted by atomic mass is 9.72. The van der Waals surface area contributed by atoms with Crippen LogP contribution in [0.15, 0.2) is 0 Å². The number of hydrogen-bond donors (Lipinski definition) is 1. The SMILES string of the molecule is CC1(C)CCCC(C(=O)NCC2C[C@H]3CC[C@@H](C2)N3C(=O)CCCF)C1. The molecule has 3 aliphatic rings. The number of alkyl halides is 1. The summed E-state index contributed by atoms with van der Waals surface area (Å²) >= 11 is 0. The number of fused-ring (bicyclic) bond motifs is 2. The van der Waals surface area contributed by atoms with E-state index in [1.54, 1.807) is 0 Å². The zero-order valence-corrected chi connectivity index (χ0v) is 16.4. The van der Waals surface area contributed by atoms with Crippen molar-refractivity contribution >= 4 is 11.8 Å². The number of nitrogens with zero attached hydrogens (tertiary/aromatic N) is 1. The highest BCUT2D eigenvalue weighted by Crippen LogP contribution is 2.40. The third-order valence-electron chi connectivity index (χ3n) is 6.78. The fraction of sp³-hybridized carbons (Fsp3) is 0.905. The van der Waals surface area contributed by atoms with E-state index >= 15 is 0 Å². The Balaban J connectivity index is 1.46. The van der Waals surface area contributed by atoms with Gasteiger partial charge < -0.3 is 10.2 Å². The van der Waals surface area contributed by atoms with Crippen molar-refractivity contribution in [2.24, 2.45) is 17.3 Å². The first kappa shape index (κ1) is 19.6. The van der Waals surface area contributed by atoms with Gasteiger partial charge in [0.1, 0.15) is 0 Å². The van der Waals surface area contributed by atoms with E-state index < -0.39 is 6.67 Å². The Labute approximate surface area is 157 Å². The van der Waals surface area contributed by atoms with Crippen LogP contribution in [0.5, 0.6) is 0 Å². The predicted molar refractivity (Wildman–Crippen MR) is 100 cm³/mol. The summed E-state index contributed by atoms with van der Waals surface area (Å²) < 4.78 is 12.4. The van der Waals surface area contributed by atoms with Crippen LogP contribution in [-0.2, 0) is 9.59 Å². The van der Waals surface area contributed by atoms with Gasteiger partial charge in [-0.05, 0) is 62.7 Å². The lowest BCUT2D eigenvalue weighted by Crippen LogP contribution is -2.49. The Morgan fingerprint density at radius 2 is 1.85 bits per heavy atom. The molecule has 4 nitrogen and oxygen atoms in total. The molecular formula is C21H35FN2O2. The topological polar surface area (TPSA) is 49.4 Å². The van der Waals surface area contributed by atoms with Crippen LogP contribution >= 0.6 is 0 Å². The molecule has 3 rings (SSSR count). The highest BCUT2D eigenvalue weighted by atomic mass is 19.1. The first-order valence-electron chi connectivity index (χ1n) is 10.5. The molecule has 2 unspecified atom stereocenters. The summed E-state index contributed by atoms with van der Waals surface area (Å²) in [5.41, 5.74) is 0.282. The fourth-order valence-electron chi connectivity index (χ4n) is 5.52. The zero-order chi connectivity index (χ0) is 18.7. The van der Waals surface area contributed by atoms with Gasteiger partial charge in [0.2, 0.25) is 11.8 Å². The third-order valence-corrected chi connectivity index (χ3v) is 6.78. The van der Waals surface area contributed by atoms with Crippen LogP contribution in [-0.4, -0.2) is 42.0 Å². The first-order chi connectivity index (χ1) is 12.4. The smallest absolute Gasteiger partial charge is 0.223 e. The average Bonchev–Trinajstić information content (AvgIpc) is 2.87. The van der Waals surface area contributed by atoms with Gasteiger partial charge in [-0.3, -0.25) is 14.0 Å². The number of carbonyl (C=O) groups is 2. The second-order valence-corrected chi connectivity index (χ2v) is 9.52. The van der Waals surface area contributed by atoms with Gasteiger partial charge in [-0.1, -0.05) is 20.3 Å². The molecule has 2 aliphatic heterocycles. The number of hydrogen-bond acceptors (Lipinski definition) is 2. The van der Waals surface area contributed by atoms with Gasteiger partial charge in [-0.25, -0.2) is 0 Å². The highest BCUT2D eigenvalue weighted by molar-refractivity contribution is 5.79. The molecule has 148 valence electrons. The number of carbonyl (C=O) groups excluding carboxylic acids is 2. The second kappa shape index (κ2) is 8.26. The molecule has 1 aliphatic carbocycles. The van der Waals surface area contributed by atoms with E-state index in [4.69, 9.17) is 0 Å². The number of rotatable bonds is 6. The average molecular weight is 367 g/mol. The molecule has 2 heterocycles. The predicted octanol–water partition coefficient (Wildman–Crippen LogP) is 3.84. The molecule has 4 atom stereocenters. The quantitative estimate of drug-likeness (QED) is 0.776. The normalized spacial score (nSPS) is 33.1. The van der Waals surface area contributed by atoms with E-state index in [1.165, 1.54) is 6.42 Å². The van der Waals surface area contributed by atoms with Crippen LogP contribution in [0.1, 0.15) is 78.1 Å². The minimum atomic E-state index is -0.415. The van der Waals surface area contributed by atoms with Crippen molar-refractivity contribution in [3.8, 4) is 0 Å². The van der Waals surface area contributed by atoms with E-state index in [0.29, 0.717) is 30.8 Å². The molecule has 26 heavy (non-hydrogen) atoms. The molecule has 2 amide bonds. The van der Waals surface area contributed by atoms with Gasteiger partial charge in [0.25, 0.3) is 0 Å². The van der Waals surface area contributed by atoms with Crippen molar-refractivity contribution < 1.29 is 14.0 Å². The van der Waals surface area contributed by atoms with Gasteiger partial charge >= 0.3 is 0 Å². The minimum Gasteiger partial charge on any atom is -0.356 e.